The van der Waals surface area contributed by atoms with Crippen LogP contribution in [0.4, 0.5) is 0 Å². The van der Waals surface area contributed by atoms with E-state index in [0.717, 1.165) is 25.2 Å². The molecule has 2 aliphatic rings. The van der Waals surface area contributed by atoms with Gasteiger partial charge in [-0.3, -0.25) is 4.79 Å². The zero-order chi connectivity index (χ0) is 8.60. The summed E-state index contributed by atoms with van der Waals surface area (Å²) in [6.45, 7) is 2.19. The summed E-state index contributed by atoms with van der Waals surface area (Å²) in [5, 5.41) is 3.15. The summed E-state index contributed by atoms with van der Waals surface area (Å²) in [4.78, 5) is 11.1. The molecule has 1 atom stereocenters. The minimum atomic E-state index is 0.193. The number of carbonyl (C=O) groups is 1. The summed E-state index contributed by atoms with van der Waals surface area (Å²) < 4.78 is 0. The van der Waals surface area contributed by atoms with Crippen molar-refractivity contribution in [1.29, 1.82) is 0 Å². The first-order valence-electron chi connectivity index (χ1n) is 5.05. The fourth-order valence-electron chi connectivity index (χ4n) is 2.21. The number of amides is 1. The van der Waals surface area contributed by atoms with Crippen molar-refractivity contribution in [2.24, 2.45) is 5.92 Å². The minimum Gasteiger partial charge on any atom is -0.351 e. The lowest BCUT2D eigenvalue weighted by atomic mass is 9.88. The van der Waals surface area contributed by atoms with Crippen LogP contribution in [0.2, 0.25) is 0 Å². The second-order valence-corrected chi connectivity index (χ2v) is 4.33. The predicted octanol–water partition coefficient (Wildman–Crippen LogP) is 1.85. The van der Waals surface area contributed by atoms with Gasteiger partial charge in [-0.2, -0.15) is 0 Å². The summed E-state index contributed by atoms with van der Waals surface area (Å²) >= 11 is 0. The Morgan fingerprint density at radius 1 is 1.58 bits per heavy atom. The Balaban J connectivity index is 1.97. The summed E-state index contributed by atoms with van der Waals surface area (Å²) in [6, 6.07) is 0. The van der Waals surface area contributed by atoms with E-state index in [0.29, 0.717) is 0 Å². The van der Waals surface area contributed by atoms with E-state index in [9.17, 15) is 4.79 Å². The van der Waals surface area contributed by atoms with E-state index in [2.05, 4.69) is 12.2 Å². The highest BCUT2D eigenvalue weighted by Crippen LogP contribution is 2.41. The van der Waals surface area contributed by atoms with Gasteiger partial charge in [-0.05, 0) is 25.2 Å². The maximum atomic E-state index is 11.1. The van der Waals surface area contributed by atoms with Crippen LogP contribution >= 0.6 is 0 Å². The van der Waals surface area contributed by atoms with Crippen molar-refractivity contribution in [3.63, 3.8) is 0 Å². The molecule has 1 amide bonds. The van der Waals surface area contributed by atoms with Gasteiger partial charge in [0.25, 0.3) is 0 Å². The first kappa shape index (κ1) is 8.09. The molecule has 68 valence electrons. The van der Waals surface area contributed by atoms with Crippen LogP contribution in [0.1, 0.15) is 45.4 Å². The minimum absolute atomic E-state index is 0.193. The summed E-state index contributed by atoms with van der Waals surface area (Å²) in [7, 11) is 0. The molecule has 1 N–H and O–H groups in total. The molecule has 0 spiro atoms. The molecular formula is C10H17NO. The second-order valence-electron chi connectivity index (χ2n) is 4.33. The van der Waals surface area contributed by atoms with Gasteiger partial charge in [-0.25, -0.2) is 0 Å². The molecule has 1 unspecified atom stereocenters. The lowest BCUT2D eigenvalue weighted by Gasteiger charge is -2.27. The third-order valence-corrected chi connectivity index (χ3v) is 3.29. The van der Waals surface area contributed by atoms with Crippen LogP contribution in [0.5, 0.6) is 0 Å². The smallest absolute Gasteiger partial charge is 0.220 e. The predicted molar refractivity (Wildman–Crippen MR) is 47.7 cm³/mol. The SMILES string of the molecule is CCC1(CC2CC2)CCC(=O)N1. The Labute approximate surface area is 73.7 Å². The molecule has 12 heavy (non-hydrogen) atoms. The molecule has 0 aromatic carbocycles. The Bertz CT molecular complexity index is 198. The van der Waals surface area contributed by atoms with Crippen molar-refractivity contribution >= 4 is 5.91 Å². The Morgan fingerprint density at radius 2 is 2.33 bits per heavy atom. The molecule has 2 rings (SSSR count). The molecule has 0 aromatic rings. The summed E-state index contributed by atoms with van der Waals surface area (Å²) in [6.07, 6.45) is 6.93. The Morgan fingerprint density at radius 3 is 2.75 bits per heavy atom. The fourth-order valence-corrected chi connectivity index (χ4v) is 2.21. The van der Waals surface area contributed by atoms with Crippen LogP contribution in [0.15, 0.2) is 0 Å². The van der Waals surface area contributed by atoms with Gasteiger partial charge in [0.05, 0.1) is 0 Å². The highest BCUT2D eigenvalue weighted by molar-refractivity contribution is 5.79. The molecule has 1 aliphatic carbocycles. The average molecular weight is 167 g/mol. The van der Waals surface area contributed by atoms with E-state index in [-0.39, 0.29) is 11.4 Å². The maximum absolute atomic E-state index is 11.1. The van der Waals surface area contributed by atoms with Crippen LogP contribution in [-0.2, 0) is 4.79 Å². The van der Waals surface area contributed by atoms with Crippen molar-refractivity contribution in [3.05, 3.63) is 0 Å². The van der Waals surface area contributed by atoms with Crippen LogP contribution in [0, 0.1) is 5.92 Å². The van der Waals surface area contributed by atoms with Gasteiger partial charge in [0.1, 0.15) is 0 Å². The monoisotopic (exact) mass is 167 g/mol. The molecule has 1 saturated carbocycles. The largest absolute Gasteiger partial charge is 0.351 e. The third-order valence-electron chi connectivity index (χ3n) is 3.29. The zero-order valence-corrected chi connectivity index (χ0v) is 7.73. The third kappa shape index (κ3) is 1.47. The highest BCUT2D eigenvalue weighted by Gasteiger charge is 2.40. The summed E-state index contributed by atoms with van der Waals surface area (Å²) in [5.74, 6) is 1.18. The quantitative estimate of drug-likeness (QED) is 0.682. The first-order chi connectivity index (χ1) is 5.74. The van der Waals surface area contributed by atoms with Gasteiger partial charge < -0.3 is 5.32 Å². The van der Waals surface area contributed by atoms with Crippen molar-refractivity contribution in [2.75, 3.05) is 0 Å². The molecule has 1 saturated heterocycles. The standard InChI is InChI=1S/C10H17NO/c1-2-10(7-8-3-4-8)6-5-9(12)11-10/h8H,2-7H2,1H3,(H,11,12). The lowest BCUT2D eigenvalue weighted by Crippen LogP contribution is -2.41. The summed E-state index contributed by atoms with van der Waals surface area (Å²) in [5.41, 5.74) is 0.193. The zero-order valence-electron chi connectivity index (χ0n) is 7.73. The fraction of sp³-hybridized carbons (Fsp3) is 0.900. The van der Waals surface area contributed by atoms with Crippen LogP contribution in [0.25, 0.3) is 0 Å². The van der Waals surface area contributed by atoms with E-state index in [1.165, 1.54) is 19.3 Å². The van der Waals surface area contributed by atoms with Crippen molar-refractivity contribution in [1.82, 2.24) is 5.32 Å². The van der Waals surface area contributed by atoms with Gasteiger partial charge in [-0.1, -0.05) is 19.8 Å². The molecule has 1 heterocycles. The van der Waals surface area contributed by atoms with Crippen molar-refractivity contribution in [3.8, 4) is 0 Å². The Hall–Kier alpha value is -0.530. The number of carbonyl (C=O) groups excluding carboxylic acids is 1. The van der Waals surface area contributed by atoms with Gasteiger partial charge >= 0.3 is 0 Å². The van der Waals surface area contributed by atoms with E-state index in [4.69, 9.17) is 0 Å². The topological polar surface area (TPSA) is 29.1 Å². The van der Waals surface area contributed by atoms with Crippen molar-refractivity contribution in [2.45, 2.75) is 51.0 Å². The molecule has 1 aliphatic heterocycles. The van der Waals surface area contributed by atoms with Crippen LogP contribution in [-0.4, -0.2) is 11.4 Å². The normalized spacial score (nSPS) is 35.2. The lowest BCUT2D eigenvalue weighted by molar-refractivity contribution is -0.119. The molecule has 2 nitrogen and oxygen atoms in total. The van der Waals surface area contributed by atoms with Gasteiger partial charge in [0.15, 0.2) is 0 Å². The number of rotatable bonds is 3. The Kier molecular flexibility index (Phi) is 1.85. The number of nitrogens with one attached hydrogen (secondary N) is 1. The van der Waals surface area contributed by atoms with Gasteiger partial charge in [-0.15, -0.1) is 0 Å². The first-order valence-corrected chi connectivity index (χ1v) is 5.05. The molecule has 0 radical (unpaired) electrons. The maximum Gasteiger partial charge on any atom is 0.220 e. The molecule has 0 bridgehead atoms. The number of hydrogen-bond acceptors (Lipinski definition) is 1. The van der Waals surface area contributed by atoms with Crippen LogP contribution < -0.4 is 5.32 Å². The van der Waals surface area contributed by atoms with E-state index in [1.807, 2.05) is 0 Å². The van der Waals surface area contributed by atoms with Gasteiger partial charge in [0.2, 0.25) is 5.91 Å². The number of hydrogen-bond donors (Lipinski definition) is 1. The van der Waals surface area contributed by atoms with Gasteiger partial charge in [0, 0.05) is 12.0 Å². The van der Waals surface area contributed by atoms with E-state index < -0.39 is 0 Å². The van der Waals surface area contributed by atoms with E-state index in [1.54, 1.807) is 0 Å². The molecule has 2 heteroatoms. The van der Waals surface area contributed by atoms with Crippen LogP contribution in [0.3, 0.4) is 0 Å². The van der Waals surface area contributed by atoms with Crippen molar-refractivity contribution < 1.29 is 4.79 Å². The van der Waals surface area contributed by atoms with E-state index >= 15 is 0 Å². The second kappa shape index (κ2) is 2.75. The molecule has 0 aromatic heterocycles. The average Bonchev–Trinajstić information content (AvgIpc) is 2.77. The molecule has 2 fully saturated rings. The highest BCUT2D eigenvalue weighted by atomic mass is 16.2. The molecular weight excluding hydrogens is 150 g/mol.